The molecule has 1 heterocycles. The molecule has 0 amide bonds. The molecule has 0 saturated carbocycles. The van der Waals surface area contributed by atoms with Crippen LogP contribution in [0.5, 0.6) is 0 Å². The van der Waals surface area contributed by atoms with Gasteiger partial charge in [-0.05, 0) is 31.7 Å². The van der Waals surface area contributed by atoms with Crippen LogP contribution in [0.2, 0.25) is 0 Å². The third-order valence-corrected chi connectivity index (χ3v) is 3.76. The van der Waals surface area contributed by atoms with Gasteiger partial charge in [0.15, 0.2) is 0 Å². The number of rotatable bonds is 8. The number of pyridine rings is 1. The lowest BCUT2D eigenvalue weighted by atomic mass is 9.86. The zero-order valence-corrected chi connectivity index (χ0v) is 13.9. The maximum Gasteiger partial charge on any atom is 0.339 e. The number of aromatic nitrogens is 1. The van der Waals surface area contributed by atoms with Gasteiger partial charge in [-0.2, -0.15) is 0 Å². The summed E-state index contributed by atoms with van der Waals surface area (Å²) < 4.78 is 0. The van der Waals surface area contributed by atoms with Crippen LogP contribution in [0.15, 0.2) is 6.07 Å². The van der Waals surface area contributed by atoms with Crippen molar-refractivity contribution in [3.05, 3.63) is 23.0 Å². The average molecular weight is 292 g/mol. The number of carbonyl (C=O) groups is 1. The average Bonchev–Trinajstić information content (AvgIpc) is 2.35. The van der Waals surface area contributed by atoms with E-state index in [9.17, 15) is 9.90 Å². The Hall–Kier alpha value is -1.58. The van der Waals surface area contributed by atoms with Crippen molar-refractivity contribution in [2.24, 2.45) is 5.41 Å². The summed E-state index contributed by atoms with van der Waals surface area (Å²) in [7, 11) is 0. The third-order valence-electron chi connectivity index (χ3n) is 3.76. The second-order valence-electron chi connectivity index (χ2n) is 6.55. The topological polar surface area (TPSA) is 62.2 Å². The molecule has 1 aromatic heterocycles. The first kappa shape index (κ1) is 17.5. The minimum Gasteiger partial charge on any atom is -0.478 e. The van der Waals surface area contributed by atoms with Crippen LogP contribution in [0, 0.1) is 19.3 Å². The molecular weight excluding hydrogens is 264 g/mol. The lowest BCUT2D eigenvalue weighted by molar-refractivity contribution is 0.0696. The highest BCUT2D eigenvalue weighted by Crippen LogP contribution is 2.26. The van der Waals surface area contributed by atoms with Crippen molar-refractivity contribution in [1.82, 2.24) is 4.98 Å². The van der Waals surface area contributed by atoms with E-state index in [1.54, 1.807) is 6.92 Å². The maximum atomic E-state index is 11.4. The fourth-order valence-corrected chi connectivity index (χ4v) is 2.51. The first-order valence-corrected chi connectivity index (χ1v) is 7.72. The molecule has 0 aromatic carbocycles. The highest BCUT2D eigenvalue weighted by atomic mass is 16.4. The molecule has 0 aliphatic carbocycles. The number of hydrogen-bond acceptors (Lipinski definition) is 3. The van der Waals surface area contributed by atoms with Crippen molar-refractivity contribution in [2.75, 3.05) is 11.9 Å². The van der Waals surface area contributed by atoms with Gasteiger partial charge in [0.2, 0.25) is 0 Å². The van der Waals surface area contributed by atoms with Crippen LogP contribution in [0.3, 0.4) is 0 Å². The van der Waals surface area contributed by atoms with Crippen LogP contribution in [-0.4, -0.2) is 22.6 Å². The largest absolute Gasteiger partial charge is 0.478 e. The van der Waals surface area contributed by atoms with Crippen molar-refractivity contribution < 1.29 is 9.90 Å². The Labute approximate surface area is 128 Å². The summed E-state index contributed by atoms with van der Waals surface area (Å²) in [6.45, 7) is 11.0. The van der Waals surface area contributed by atoms with Crippen molar-refractivity contribution in [3.63, 3.8) is 0 Å². The smallest absolute Gasteiger partial charge is 0.339 e. The van der Waals surface area contributed by atoms with Crippen LogP contribution in [0.4, 0.5) is 5.69 Å². The lowest BCUT2D eigenvalue weighted by Gasteiger charge is -2.26. The summed E-state index contributed by atoms with van der Waals surface area (Å²) >= 11 is 0. The van der Waals surface area contributed by atoms with Gasteiger partial charge in [0.25, 0.3) is 0 Å². The van der Waals surface area contributed by atoms with Crippen molar-refractivity contribution in [1.29, 1.82) is 0 Å². The Morgan fingerprint density at radius 3 is 2.57 bits per heavy atom. The van der Waals surface area contributed by atoms with Gasteiger partial charge in [0.05, 0.1) is 11.4 Å². The van der Waals surface area contributed by atoms with Gasteiger partial charge in [-0.1, -0.05) is 40.0 Å². The van der Waals surface area contributed by atoms with E-state index in [2.05, 4.69) is 31.1 Å². The zero-order chi connectivity index (χ0) is 16.0. The Bertz CT molecular complexity index is 496. The Kier molecular flexibility index (Phi) is 6.19. The molecule has 0 radical (unpaired) electrons. The van der Waals surface area contributed by atoms with E-state index in [-0.39, 0.29) is 11.0 Å². The van der Waals surface area contributed by atoms with E-state index in [0.29, 0.717) is 11.4 Å². The molecule has 0 unspecified atom stereocenters. The molecule has 0 spiro atoms. The van der Waals surface area contributed by atoms with Crippen LogP contribution >= 0.6 is 0 Å². The van der Waals surface area contributed by atoms with Gasteiger partial charge < -0.3 is 10.4 Å². The SMILES string of the molecule is CCCCCC(C)(C)CNc1cc(C)nc(C)c1C(=O)O. The number of nitrogens with one attached hydrogen (secondary N) is 1. The molecule has 118 valence electrons. The molecule has 21 heavy (non-hydrogen) atoms. The van der Waals surface area contributed by atoms with Gasteiger partial charge >= 0.3 is 5.97 Å². The van der Waals surface area contributed by atoms with E-state index in [0.717, 1.165) is 18.7 Å². The number of unbranched alkanes of at least 4 members (excludes halogenated alkanes) is 2. The summed E-state index contributed by atoms with van der Waals surface area (Å²) in [4.78, 5) is 15.6. The molecule has 1 rings (SSSR count). The number of carboxylic acids is 1. The number of carboxylic acid groups (broad SMARTS) is 1. The summed E-state index contributed by atoms with van der Waals surface area (Å²) in [5, 5.41) is 12.7. The normalized spacial score (nSPS) is 11.5. The van der Waals surface area contributed by atoms with Crippen LogP contribution < -0.4 is 5.32 Å². The first-order valence-electron chi connectivity index (χ1n) is 7.72. The molecule has 0 bridgehead atoms. The van der Waals surface area contributed by atoms with Gasteiger partial charge in [0, 0.05) is 12.2 Å². The highest BCUT2D eigenvalue weighted by molar-refractivity contribution is 5.95. The number of hydrogen-bond donors (Lipinski definition) is 2. The summed E-state index contributed by atoms with van der Waals surface area (Å²) in [6, 6.07) is 1.82. The minimum atomic E-state index is -0.925. The van der Waals surface area contributed by atoms with Gasteiger partial charge in [-0.25, -0.2) is 4.79 Å². The molecule has 2 N–H and O–H groups in total. The van der Waals surface area contributed by atoms with Gasteiger partial charge in [-0.15, -0.1) is 0 Å². The predicted octanol–water partition coefficient (Wildman–Crippen LogP) is 4.42. The second-order valence-corrected chi connectivity index (χ2v) is 6.55. The van der Waals surface area contributed by atoms with Gasteiger partial charge in [-0.3, -0.25) is 4.98 Å². The highest BCUT2D eigenvalue weighted by Gasteiger charge is 2.20. The number of aromatic carboxylic acids is 1. The molecule has 0 fully saturated rings. The molecule has 0 saturated heterocycles. The second kappa shape index (κ2) is 7.43. The molecule has 0 aliphatic heterocycles. The zero-order valence-electron chi connectivity index (χ0n) is 13.9. The maximum absolute atomic E-state index is 11.4. The van der Waals surface area contributed by atoms with Crippen LogP contribution in [0.1, 0.15) is 68.2 Å². The lowest BCUT2D eigenvalue weighted by Crippen LogP contribution is -2.24. The molecule has 4 heteroatoms. The van der Waals surface area contributed by atoms with E-state index >= 15 is 0 Å². The first-order chi connectivity index (χ1) is 9.76. The Balaban J connectivity index is 2.81. The van der Waals surface area contributed by atoms with E-state index in [1.165, 1.54) is 19.3 Å². The minimum absolute atomic E-state index is 0.149. The standard InChI is InChI=1S/C17H28N2O2/c1-6-7-8-9-17(4,5)11-18-14-10-12(2)19-13(3)15(14)16(20)21/h10H,6-9,11H2,1-5H3,(H,18,19)(H,20,21). The molecule has 0 atom stereocenters. The number of aryl methyl sites for hydroxylation is 2. The quantitative estimate of drug-likeness (QED) is 0.696. The van der Waals surface area contributed by atoms with Crippen molar-refractivity contribution >= 4 is 11.7 Å². The number of nitrogens with zero attached hydrogens (tertiary/aromatic N) is 1. The van der Waals surface area contributed by atoms with Crippen molar-refractivity contribution in [3.8, 4) is 0 Å². The van der Waals surface area contributed by atoms with Gasteiger partial charge in [0.1, 0.15) is 5.56 Å². The van der Waals surface area contributed by atoms with Crippen LogP contribution in [-0.2, 0) is 0 Å². The Morgan fingerprint density at radius 1 is 1.33 bits per heavy atom. The molecule has 1 aromatic rings. The number of anilines is 1. The summed E-state index contributed by atoms with van der Waals surface area (Å²) in [6.07, 6.45) is 4.82. The van der Waals surface area contributed by atoms with E-state index in [1.807, 2.05) is 13.0 Å². The molecule has 4 nitrogen and oxygen atoms in total. The molecule has 0 aliphatic rings. The fraction of sp³-hybridized carbons (Fsp3) is 0.647. The van der Waals surface area contributed by atoms with Crippen molar-refractivity contribution in [2.45, 2.75) is 60.3 Å². The summed E-state index contributed by atoms with van der Waals surface area (Å²) in [5.74, 6) is -0.925. The Morgan fingerprint density at radius 2 is 2.00 bits per heavy atom. The van der Waals surface area contributed by atoms with Crippen LogP contribution in [0.25, 0.3) is 0 Å². The predicted molar refractivity (Wildman–Crippen MR) is 87.1 cm³/mol. The fourth-order valence-electron chi connectivity index (χ4n) is 2.51. The molecular formula is C17H28N2O2. The van der Waals surface area contributed by atoms with E-state index < -0.39 is 5.97 Å². The summed E-state index contributed by atoms with van der Waals surface area (Å²) in [5.41, 5.74) is 2.51. The van der Waals surface area contributed by atoms with E-state index in [4.69, 9.17) is 0 Å². The third kappa shape index (κ3) is 5.37. The monoisotopic (exact) mass is 292 g/mol.